The molecule has 1 rings (SSSR count). The second kappa shape index (κ2) is 2.97. The van der Waals surface area contributed by atoms with Crippen LogP contribution in [0.25, 0.3) is 0 Å². The molecule has 1 aliphatic rings. The lowest BCUT2D eigenvalue weighted by atomic mass is 10.0. The van der Waals surface area contributed by atoms with Crippen molar-refractivity contribution in [1.29, 1.82) is 0 Å². The fourth-order valence-corrected chi connectivity index (χ4v) is 1.38. The highest BCUT2D eigenvalue weighted by molar-refractivity contribution is 5.73. The van der Waals surface area contributed by atoms with Crippen molar-refractivity contribution in [3.63, 3.8) is 0 Å². The molecule has 1 fully saturated rings. The molecule has 1 heterocycles. The normalized spacial score (nSPS) is 28.7. The molecule has 1 aliphatic heterocycles. The molecule has 0 aromatic heterocycles. The molecule has 0 unspecified atom stereocenters. The van der Waals surface area contributed by atoms with Gasteiger partial charge in [-0.3, -0.25) is 4.79 Å². The van der Waals surface area contributed by atoms with Crippen molar-refractivity contribution in [2.45, 2.75) is 25.3 Å². The van der Waals surface area contributed by atoms with Crippen LogP contribution in [-0.2, 0) is 4.79 Å². The predicted octanol–water partition coefficient (Wildman–Crippen LogP) is 0.201. The molecule has 0 aromatic rings. The van der Waals surface area contributed by atoms with Gasteiger partial charge in [0.25, 0.3) is 5.92 Å². The second-order valence-electron chi connectivity index (χ2n) is 3.22. The van der Waals surface area contributed by atoms with Crippen LogP contribution in [0.15, 0.2) is 0 Å². The van der Waals surface area contributed by atoms with E-state index in [4.69, 9.17) is 5.73 Å². The maximum Gasteiger partial charge on any atom is 0.266 e. The van der Waals surface area contributed by atoms with Gasteiger partial charge >= 0.3 is 0 Å². The molecule has 1 atom stereocenters. The van der Waals surface area contributed by atoms with Crippen molar-refractivity contribution in [3.05, 3.63) is 0 Å². The molecule has 1 amide bonds. The number of carbonyl (C=O) groups is 1. The SMILES string of the molecule is CC(=O)N1C[C@@H](N)CC(F)(F)C1. The van der Waals surface area contributed by atoms with Crippen LogP contribution < -0.4 is 5.73 Å². The number of hydrogen-bond donors (Lipinski definition) is 1. The van der Waals surface area contributed by atoms with Crippen molar-refractivity contribution in [1.82, 2.24) is 4.90 Å². The summed E-state index contributed by atoms with van der Waals surface area (Å²) in [4.78, 5) is 11.9. The first kappa shape index (κ1) is 9.38. The molecule has 5 heteroatoms. The minimum Gasteiger partial charge on any atom is -0.335 e. The summed E-state index contributed by atoms with van der Waals surface area (Å²) in [6.45, 7) is 1.02. The zero-order valence-corrected chi connectivity index (χ0v) is 6.89. The Morgan fingerprint density at radius 1 is 1.67 bits per heavy atom. The number of alkyl halides is 2. The summed E-state index contributed by atoms with van der Waals surface area (Å²) in [5, 5.41) is 0. The third-order valence-electron chi connectivity index (χ3n) is 1.88. The summed E-state index contributed by atoms with van der Waals surface area (Å²) >= 11 is 0. The van der Waals surface area contributed by atoms with E-state index in [9.17, 15) is 13.6 Å². The number of nitrogens with two attached hydrogens (primary N) is 1. The van der Waals surface area contributed by atoms with Gasteiger partial charge in [-0.15, -0.1) is 0 Å². The number of rotatable bonds is 0. The number of amides is 1. The Hall–Kier alpha value is -0.710. The van der Waals surface area contributed by atoms with Gasteiger partial charge in [0.05, 0.1) is 6.54 Å². The van der Waals surface area contributed by atoms with Crippen molar-refractivity contribution in [2.24, 2.45) is 5.73 Å². The van der Waals surface area contributed by atoms with Crippen LogP contribution >= 0.6 is 0 Å². The molecule has 0 saturated carbocycles. The zero-order valence-electron chi connectivity index (χ0n) is 6.89. The number of nitrogens with zero attached hydrogens (tertiary/aromatic N) is 1. The van der Waals surface area contributed by atoms with Gasteiger partial charge in [-0.25, -0.2) is 8.78 Å². The number of likely N-dealkylation sites (tertiary alicyclic amines) is 1. The summed E-state index contributed by atoms with van der Waals surface area (Å²) in [7, 11) is 0. The Morgan fingerprint density at radius 2 is 2.25 bits per heavy atom. The monoisotopic (exact) mass is 178 g/mol. The molecule has 70 valence electrons. The molecular weight excluding hydrogens is 166 g/mol. The Labute approximate surface area is 69.5 Å². The molecular formula is C7H12F2N2O. The van der Waals surface area contributed by atoms with E-state index in [-0.39, 0.29) is 18.9 Å². The van der Waals surface area contributed by atoms with Crippen LogP contribution in [0.5, 0.6) is 0 Å². The molecule has 0 bridgehead atoms. The summed E-state index contributed by atoms with van der Waals surface area (Å²) in [5.41, 5.74) is 5.36. The number of hydrogen-bond acceptors (Lipinski definition) is 2. The van der Waals surface area contributed by atoms with Crippen LogP contribution in [-0.4, -0.2) is 35.9 Å². The fourth-order valence-electron chi connectivity index (χ4n) is 1.38. The van der Waals surface area contributed by atoms with E-state index in [1.54, 1.807) is 0 Å². The molecule has 0 radical (unpaired) electrons. The minimum absolute atomic E-state index is 0.241. The predicted molar refractivity (Wildman–Crippen MR) is 39.8 cm³/mol. The number of carbonyl (C=O) groups excluding carboxylic acids is 1. The average molecular weight is 178 g/mol. The van der Waals surface area contributed by atoms with Crippen molar-refractivity contribution < 1.29 is 13.6 Å². The van der Waals surface area contributed by atoms with Crippen LogP contribution in [0.3, 0.4) is 0 Å². The van der Waals surface area contributed by atoms with Gasteiger partial charge in [0, 0.05) is 25.9 Å². The lowest BCUT2D eigenvalue weighted by Gasteiger charge is -2.35. The third-order valence-corrected chi connectivity index (χ3v) is 1.88. The van der Waals surface area contributed by atoms with E-state index in [2.05, 4.69) is 0 Å². The van der Waals surface area contributed by atoms with E-state index < -0.39 is 18.5 Å². The van der Waals surface area contributed by atoms with Crippen molar-refractivity contribution in [3.8, 4) is 0 Å². The summed E-state index contributed by atoms with van der Waals surface area (Å²) in [6.07, 6.45) is -0.323. The van der Waals surface area contributed by atoms with E-state index in [0.717, 1.165) is 4.90 Å². The Balaban J connectivity index is 2.64. The van der Waals surface area contributed by atoms with Gasteiger partial charge < -0.3 is 10.6 Å². The highest BCUT2D eigenvalue weighted by Crippen LogP contribution is 2.25. The first-order valence-corrected chi connectivity index (χ1v) is 3.80. The highest BCUT2D eigenvalue weighted by atomic mass is 19.3. The molecule has 0 spiro atoms. The van der Waals surface area contributed by atoms with Gasteiger partial charge in [-0.2, -0.15) is 0 Å². The first-order valence-electron chi connectivity index (χ1n) is 3.80. The Kier molecular flexibility index (Phi) is 2.32. The maximum atomic E-state index is 12.8. The second-order valence-corrected chi connectivity index (χ2v) is 3.22. The third kappa shape index (κ3) is 2.14. The first-order chi connectivity index (χ1) is 5.41. The number of piperidine rings is 1. The molecule has 0 aromatic carbocycles. The standard InChI is InChI=1S/C7H12F2N2O/c1-5(12)11-3-6(10)2-7(8,9)4-11/h6H,2-4,10H2,1H3/t6-/m0/s1. The van der Waals surface area contributed by atoms with Crippen LogP contribution in [0.2, 0.25) is 0 Å². The molecule has 0 aliphatic carbocycles. The van der Waals surface area contributed by atoms with E-state index >= 15 is 0 Å². The molecule has 2 N–H and O–H groups in total. The van der Waals surface area contributed by atoms with E-state index in [0.29, 0.717) is 0 Å². The van der Waals surface area contributed by atoms with E-state index in [1.807, 2.05) is 0 Å². The smallest absolute Gasteiger partial charge is 0.266 e. The van der Waals surface area contributed by atoms with Gasteiger partial charge in [0.1, 0.15) is 0 Å². The topological polar surface area (TPSA) is 46.3 Å². The Morgan fingerprint density at radius 3 is 2.67 bits per heavy atom. The lowest BCUT2D eigenvalue weighted by Crippen LogP contribution is -2.53. The van der Waals surface area contributed by atoms with Gasteiger partial charge in [0.2, 0.25) is 5.91 Å². The summed E-state index contributed by atoms with van der Waals surface area (Å²) in [6, 6.07) is -0.599. The maximum absolute atomic E-state index is 12.8. The summed E-state index contributed by atoms with van der Waals surface area (Å²) in [5.74, 6) is -3.16. The minimum atomic E-state index is -2.82. The van der Waals surface area contributed by atoms with Gasteiger partial charge in [-0.05, 0) is 0 Å². The van der Waals surface area contributed by atoms with Crippen molar-refractivity contribution in [2.75, 3.05) is 13.1 Å². The highest BCUT2D eigenvalue weighted by Gasteiger charge is 2.39. The van der Waals surface area contributed by atoms with Crippen LogP contribution in [0.1, 0.15) is 13.3 Å². The lowest BCUT2D eigenvalue weighted by molar-refractivity contribution is -0.140. The zero-order chi connectivity index (χ0) is 9.35. The van der Waals surface area contributed by atoms with Gasteiger partial charge in [-0.1, -0.05) is 0 Å². The summed E-state index contributed by atoms with van der Waals surface area (Å²) < 4.78 is 25.6. The molecule has 12 heavy (non-hydrogen) atoms. The fraction of sp³-hybridized carbons (Fsp3) is 0.857. The van der Waals surface area contributed by atoms with Gasteiger partial charge in [0.15, 0.2) is 0 Å². The van der Waals surface area contributed by atoms with Crippen LogP contribution in [0.4, 0.5) is 8.78 Å². The molecule has 3 nitrogen and oxygen atoms in total. The largest absolute Gasteiger partial charge is 0.335 e. The molecule has 1 saturated heterocycles. The number of halogens is 2. The quantitative estimate of drug-likeness (QED) is 0.576. The van der Waals surface area contributed by atoms with Crippen molar-refractivity contribution >= 4 is 5.91 Å². The Bertz CT molecular complexity index is 196. The average Bonchev–Trinajstić information content (AvgIpc) is 1.82. The van der Waals surface area contributed by atoms with E-state index in [1.165, 1.54) is 6.92 Å². The van der Waals surface area contributed by atoms with Crippen LogP contribution in [0, 0.1) is 0 Å².